The fraction of sp³-hybridized carbons (Fsp3) is 0.609. The zero-order valence-corrected chi connectivity index (χ0v) is 17.3. The lowest BCUT2D eigenvalue weighted by atomic mass is 9.61. The molecule has 3 fully saturated rings. The topological polar surface area (TPSA) is 75.4 Å². The lowest BCUT2D eigenvalue weighted by Crippen LogP contribution is -2.57. The summed E-state index contributed by atoms with van der Waals surface area (Å²) in [4.78, 5) is 27.9. The van der Waals surface area contributed by atoms with Gasteiger partial charge in [-0.1, -0.05) is 24.9 Å². The maximum Gasteiger partial charge on any atom is 0.235 e. The maximum absolute atomic E-state index is 13.5. The molecular weight excluding hydrogens is 385 g/mol. The van der Waals surface area contributed by atoms with Crippen molar-refractivity contribution in [2.24, 2.45) is 11.3 Å². The molecule has 2 amide bonds. The van der Waals surface area contributed by atoms with Crippen LogP contribution in [0.25, 0.3) is 11.0 Å². The van der Waals surface area contributed by atoms with Gasteiger partial charge in [-0.3, -0.25) is 19.8 Å². The molecule has 6 nitrogen and oxygen atoms in total. The summed E-state index contributed by atoms with van der Waals surface area (Å²) >= 11 is 0. The van der Waals surface area contributed by atoms with Crippen LogP contribution in [0.2, 0.25) is 0 Å². The van der Waals surface area contributed by atoms with Crippen molar-refractivity contribution in [2.45, 2.75) is 63.8 Å². The van der Waals surface area contributed by atoms with Gasteiger partial charge in [0.25, 0.3) is 0 Å². The van der Waals surface area contributed by atoms with Crippen LogP contribution in [-0.4, -0.2) is 41.0 Å². The van der Waals surface area contributed by atoms with Crippen molar-refractivity contribution < 1.29 is 18.5 Å². The Labute approximate surface area is 175 Å². The maximum atomic E-state index is 13.5. The van der Waals surface area contributed by atoms with Gasteiger partial charge >= 0.3 is 0 Å². The largest absolute Gasteiger partial charge is 0.356 e. The van der Waals surface area contributed by atoms with E-state index >= 15 is 0 Å². The first-order chi connectivity index (χ1) is 14.5. The molecular formula is C23H28FN3O3. The molecule has 0 spiro atoms. The molecule has 0 radical (unpaired) electrons. The second-order valence-electron chi connectivity index (χ2n) is 9.13. The van der Waals surface area contributed by atoms with Gasteiger partial charge in [0, 0.05) is 23.4 Å². The van der Waals surface area contributed by atoms with E-state index in [1.54, 1.807) is 6.07 Å². The summed E-state index contributed by atoms with van der Waals surface area (Å²) in [5.74, 6) is -0.383. The first-order valence-corrected chi connectivity index (χ1v) is 11.2. The van der Waals surface area contributed by atoms with Gasteiger partial charge in [0.05, 0.1) is 17.0 Å². The number of nitrogens with zero attached hydrogens (tertiary/aromatic N) is 2. The van der Waals surface area contributed by atoms with E-state index in [0.29, 0.717) is 5.58 Å². The molecule has 5 rings (SSSR count). The van der Waals surface area contributed by atoms with Crippen LogP contribution in [0, 0.1) is 17.2 Å². The molecule has 2 aliphatic heterocycles. The number of carbonyl (C=O) groups is 2. The highest BCUT2D eigenvalue weighted by molar-refractivity contribution is 6.08. The Kier molecular flexibility index (Phi) is 4.88. The number of aromatic nitrogens is 1. The van der Waals surface area contributed by atoms with Crippen LogP contribution >= 0.6 is 0 Å². The predicted molar refractivity (Wildman–Crippen MR) is 109 cm³/mol. The zero-order valence-electron chi connectivity index (χ0n) is 17.3. The van der Waals surface area contributed by atoms with Gasteiger partial charge in [-0.05, 0) is 57.3 Å². The first-order valence-electron chi connectivity index (χ1n) is 11.2. The van der Waals surface area contributed by atoms with Crippen LogP contribution < -0.4 is 5.32 Å². The number of nitrogens with one attached hydrogen (secondary N) is 1. The number of halogens is 1. The number of rotatable bonds is 4. The number of carbonyl (C=O) groups excluding carboxylic acids is 2. The lowest BCUT2D eigenvalue weighted by molar-refractivity contribution is -0.138. The molecule has 1 aromatic carbocycles. The fourth-order valence-corrected chi connectivity index (χ4v) is 6.34. The van der Waals surface area contributed by atoms with Gasteiger partial charge in [0.1, 0.15) is 5.82 Å². The second kappa shape index (κ2) is 7.45. The third-order valence-electron chi connectivity index (χ3n) is 7.65. The zero-order chi connectivity index (χ0) is 20.9. The highest BCUT2D eigenvalue weighted by atomic mass is 19.1. The standard InChI is InChI=1S/C23H28FN3O3/c1-2-10-23-17(21(28)25-22(23)29)4-3-5-19(23)27-11-8-14(9-12-27)20-16-7-6-15(24)13-18(16)30-26-20/h6-7,13-14,17,19H,2-5,8-12H2,1H3,(H,25,28,29). The summed E-state index contributed by atoms with van der Waals surface area (Å²) in [5.41, 5.74) is 0.823. The van der Waals surface area contributed by atoms with E-state index < -0.39 is 5.41 Å². The number of benzene rings is 1. The van der Waals surface area contributed by atoms with E-state index in [0.717, 1.165) is 69.1 Å². The van der Waals surface area contributed by atoms with Gasteiger partial charge in [0.2, 0.25) is 11.8 Å². The molecule has 1 aromatic heterocycles. The van der Waals surface area contributed by atoms with Crippen LogP contribution in [0.5, 0.6) is 0 Å². The lowest BCUT2D eigenvalue weighted by Gasteiger charge is -2.49. The van der Waals surface area contributed by atoms with Crippen molar-refractivity contribution in [3.8, 4) is 0 Å². The number of piperidine rings is 1. The highest BCUT2D eigenvalue weighted by Crippen LogP contribution is 2.51. The van der Waals surface area contributed by atoms with Gasteiger partial charge < -0.3 is 4.52 Å². The average molecular weight is 413 g/mol. The number of amides is 2. The quantitative estimate of drug-likeness (QED) is 0.773. The Morgan fingerprint density at radius 3 is 2.80 bits per heavy atom. The van der Waals surface area contributed by atoms with E-state index in [-0.39, 0.29) is 35.5 Å². The molecule has 7 heteroatoms. The van der Waals surface area contributed by atoms with Crippen molar-refractivity contribution >= 4 is 22.8 Å². The van der Waals surface area contributed by atoms with Crippen molar-refractivity contribution in [2.75, 3.05) is 13.1 Å². The van der Waals surface area contributed by atoms with Crippen molar-refractivity contribution in [1.29, 1.82) is 0 Å². The summed E-state index contributed by atoms with van der Waals surface area (Å²) in [6.07, 6.45) is 6.25. The second-order valence-corrected chi connectivity index (χ2v) is 9.13. The van der Waals surface area contributed by atoms with Crippen LogP contribution in [0.3, 0.4) is 0 Å². The molecule has 30 heavy (non-hydrogen) atoms. The Hall–Kier alpha value is -2.28. The summed E-state index contributed by atoms with van der Waals surface area (Å²) in [6.45, 7) is 3.83. The molecule has 1 saturated carbocycles. The molecule has 2 saturated heterocycles. The Bertz CT molecular complexity index is 981. The van der Waals surface area contributed by atoms with Gasteiger partial charge in [-0.15, -0.1) is 0 Å². The van der Waals surface area contributed by atoms with E-state index in [1.165, 1.54) is 12.1 Å². The van der Waals surface area contributed by atoms with Crippen molar-refractivity contribution in [3.63, 3.8) is 0 Å². The van der Waals surface area contributed by atoms with Crippen LogP contribution in [0.15, 0.2) is 22.7 Å². The minimum Gasteiger partial charge on any atom is -0.356 e. The highest BCUT2D eigenvalue weighted by Gasteiger charge is 2.61. The number of likely N-dealkylation sites (tertiary alicyclic amines) is 1. The number of imide groups is 1. The molecule has 3 aliphatic rings. The summed E-state index contributed by atoms with van der Waals surface area (Å²) in [7, 11) is 0. The van der Waals surface area contributed by atoms with E-state index in [9.17, 15) is 14.0 Å². The summed E-state index contributed by atoms with van der Waals surface area (Å²) in [6, 6.07) is 4.70. The van der Waals surface area contributed by atoms with Crippen LogP contribution in [0.4, 0.5) is 4.39 Å². The predicted octanol–water partition coefficient (Wildman–Crippen LogP) is 3.76. The molecule has 1 N–H and O–H groups in total. The normalized spacial score (nSPS) is 30.6. The SMILES string of the molecule is CCCC12C(=O)NC(=O)C1CCCC2N1CCC(c2noc3cc(F)ccc23)CC1. The Morgan fingerprint density at radius 1 is 1.23 bits per heavy atom. The average Bonchev–Trinajstić information content (AvgIpc) is 3.27. The molecule has 3 unspecified atom stereocenters. The summed E-state index contributed by atoms with van der Waals surface area (Å²) < 4.78 is 18.8. The summed E-state index contributed by atoms with van der Waals surface area (Å²) in [5, 5.41) is 7.78. The van der Waals surface area contributed by atoms with Gasteiger partial charge in [-0.2, -0.15) is 0 Å². The van der Waals surface area contributed by atoms with E-state index in [2.05, 4.69) is 22.3 Å². The molecule has 160 valence electrons. The van der Waals surface area contributed by atoms with Crippen LogP contribution in [0.1, 0.15) is 63.5 Å². The van der Waals surface area contributed by atoms with Crippen molar-refractivity contribution in [1.82, 2.24) is 15.4 Å². The first kappa shape index (κ1) is 19.7. The van der Waals surface area contributed by atoms with Crippen molar-refractivity contribution in [3.05, 3.63) is 29.7 Å². The van der Waals surface area contributed by atoms with Gasteiger partial charge in [-0.25, -0.2) is 4.39 Å². The third kappa shape index (κ3) is 2.89. The smallest absolute Gasteiger partial charge is 0.235 e. The number of hydrogen-bond donors (Lipinski definition) is 1. The minimum atomic E-state index is -0.574. The fourth-order valence-electron chi connectivity index (χ4n) is 6.34. The molecule has 3 heterocycles. The van der Waals surface area contributed by atoms with Crippen LogP contribution in [-0.2, 0) is 9.59 Å². The molecule has 3 atom stereocenters. The molecule has 0 bridgehead atoms. The Balaban J connectivity index is 1.36. The monoisotopic (exact) mass is 413 g/mol. The molecule has 2 aromatic rings. The van der Waals surface area contributed by atoms with Gasteiger partial charge in [0.15, 0.2) is 5.58 Å². The minimum absolute atomic E-state index is 0.0595. The number of hydrogen-bond acceptors (Lipinski definition) is 5. The van der Waals surface area contributed by atoms with E-state index in [4.69, 9.17) is 4.52 Å². The number of fused-ring (bicyclic) bond motifs is 2. The third-order valence-corrected chi connectivity index (χ3v) is 7.65. The van der Waals surface area contributed by atoms with E-state index in [1.807, 2.05) is 0 Å². The molecule has 1 aliphatic carbocycles. The Morgan fingerprint density at radius 2 is 2.03 bits per heavy atom.